The van der Waals surface area contributed by atoms with Gasteiger partial charge in [-0.25, -0.2) is 4.79 Å². The lowest BCUT2D eigenvalue weighted by Gasteiger charge is -2.05. The zero-order valence-electron chi connectivity index (χ0n) is 5.62. The number of hydrogen-bond donors (Lipinski definition) is 3. The Kier molecular flexibility index (Phi) is 4.61. The Balaban J connectivity index is 3.11. The number of rotatable bonds is 4. The van der Waals surface area contributed by atoms with Gasteiger partial charge in [0.05, 0.1) is 12.7 Å². The molecule has 0 spiro atoms. The van der Waals surface area contributed by atoms with Crippen LogP contribution in [0.1, 0.15) is 6.42 Å². The molecule has 0 heterocycles. The summed E-state index contributed by atoms with van der Waals surface area (Å²) in [6, 6.07) is 0. The summed E-state index contributed by atoms with van der Waals surface area (Å²) in [5, 5.41) is 8.81. The molecule has 1 unspecified atom stereocenters. The van der Waals surface area contributed by atoms with Crippen molar-refractivity contribution in [2.45, 2.75) is 12.5 Å². The van der Waals surface area contributed by atoms with Crippen molar-refractivity contribution in [1.82, 2.24) is 0 Å². The number of aliphatic hydroxyl groups is 1. The van der Waals surface area contributed by atoms with E-state index in [1.165, 1.54) is 0 Å². The normalized spacial score (nSPS) is 12.6. The van der Waals surface area contributed by atoms with E-state index in [1.54, 1.807) is 0 Å². The average Bonchev–Trinajstić information content (AvgIpc) is 1.87. The van der Waals surface area contributed by atoms with E-state index in [-0.39, 0.29) is 13.2 Å². The maximum absolute atomic E-state index is 9.96. The van der Waals surface area contributed by atoms with E-state index >= 15 is 0 Å². The van der Waals surface area contributed by atoms with Crippen molar-refractivity contribution in [2.24, 2.45) is 11.5 Å². The number of aliphatic hydroxyl groups excluding tert-OH is 1. The molecule has 0 aliphatic heterocycles. The highest BCUT2D eigenvalue weighted by atomic mass is 16.5. The number of nitrogens with two attached hydrogens (primary N) is 2. The number of primary amides is 1. The van der Waals surface area contributed by atoms with Crippen molar-refractivity contribution >= 4 is 6.09 Å². The van der Waals surface area contributed by atoms with Crippen molar-refractivity contribution < 1.29 is 14.6 Å². The minimum absolute atomic E-state index is 0.119. The first-order valence-electron chi connectivity index (χ1n) is 2.97. The zero-order chi connectivity index (χ0) is 7.98. The molecule has 0 saturated carbocycles. The van der Waals surface area contributed by atoms with Gasteiger partial charge in [0.25, 0.3) is 0 Å². The van der Waals surface area contributed by atoms with Gasteiger partial charge >= 0.3 is 6.09 Å². The Morgan fingerprint density at radius 1 is 1.70 bits per heavy atom. The second-order valence-corrected chi connectivity index (χ2v) is 1.85. The molecule has 0 aromatic heterocycles. The van der Waals surface area contributed by atoms with Crippen molar-refractivity contribution in [3.05, 3.63) is 0 Å². The molecule has 5 heteroatoms. The molecule has 1 atom stereocenters. The second-order valence-electron chi connectivity index (χ2n) is 1.85. The largest absolute Gasteiger partial charge is 0.450 e. The summed E-state index contributed by atoms with van der Waals surface area (Å²) in [6.45, 7) is 0.288. The highest BCUT2D eigenvalue weighted by Crippen LogP contribution is 1.88. The smallest absolute Gasteiger partial charge is 0.404 e. The van der Waals surface area contributed by atoms with E-state index in [0.29, 0.717) is 6.42 Å². The Morgan fingerprint density at radius 3 is 2.70 bits per heavy atom. The van der Waals surface area contributed by atoms with Crippen molar-refractivity contribution in [1.29, 1.82) is 0 Å². The summed E-state index contributed by atoms with van der Waals surface area (Å²) < 4.78 is 4.34. The zero-order valence-corrected chi connectivity index (χ0v) is 5.62. The lowest BCUT2D eigenvalue weighted by Crippen LogP contribution is -2.23. The van der Waals surface area contributed by atoms with Gasteiger partial charge in [-0.05, 0) is 0 Å². The minimum atomic E-state index is -0.829. The molecule has 1 amide bonds. The molecule has 0 aromatic rings. The predicted molar refractivity (Wildman–Crippen MR) is 35.2 cm³/mol. The van der Waals surface area contributed by atoms with Crippen LogP contribution < -0.4 is 11.5 Å². The summed E-state index contributed by atoms with van der Waals surface area (Å²) >= 11 is 0. The van der Waals surface area contributed by atoms with Crippen LogP contribution >= 0.6 is 0 Å². The first kappa shape index (κ1) is 9.19. The van der Waals surface area contributed by atoms with Crippen LogP contribution in [0.15, 0.2) is 0 Å². The monoisotopic (exact) mass is 148 g/mol. The van der Waals surface area contributed by atoms with Gasteiger partial charge in [-0.15, -0.1) is 0 Å². The van der Waals surface area contributed by atoms with Crippen LogP contribution in [0.5, 0.6) is 0 Å². The molecule has 0 fully saturated rings. The van der Waals surface area contributed by atoms with Gasteiger partial charge in [0, 0.05) is 13.0 Å². The molecule has 0 aliphatic rings. The highest BCUT2D eigenvalue weighted by molar-refractivity contribution is 5.64. The summed E-state index contributed by atoms with van der Waals surface area (Å²) in [7, 11) is 0. The molecule has 0 aromatic carbocycles. The third kappa shape index (κ3) is 5.33. The van der Waals surface area contributed by atoms with Gasteiger partial charge in [-0.1, -0.05) is 0 Å². The van der Waals surface area contributed by atoms with Crippen LogP contribution in [-0.4, -0.2) is 30.5 Å². The maximum atomic E-state index is 9.96. The average molecular weight is 148 g/mol. The topological polar surface area (TPSA) is 98.6 Å². The Hall–Kier alpha value is -0.810. The molecule has 10 heavy (non-hydrogen) atoms. The van der Waals surface area contributed by atoms with Gasteiger partial charge in [0.15, 0.2) is 0 Å². The standard InChI is InChI=1S/C5H12N2O3/c6-3-4(8)1-2-10-5(7)9/h4,8H,1-3,6H2,(H2,7,9). The van der Waals surface area contributed by atoms with Gasteiger partial charge in [0.2, 0.25) is 0 Å². The molecule has 0 saturated heterocycles. The fraction of sp³-hybridized carbons (Fsp3) is 0.800. The van der Waals surface area contributed by atoms with Gasteiger partial charge in [-0.2, -0.15) is 0 Å². The summed E-state index contributed by atoms with van der Waals surface area (Å²) in [5.74, 6) is 0. The molecule has 0 radical (unpaired) electrons. The lowest BCUT2D eigenvalue weighted by molar-refractivity contribution is 0.115. The van der Waals surface area contributed by atoms with E-state index in [1.807, 2.05) is 0 Å². The van der Waals surface area contributed by atoms with Crippen molar-refractivity contribution in [3.63, 3.8) is 0 Å². The SMILES string of the molecule is NCC(O)CCOC(N)=O. The van der Waals surface area contributed by atoms with Crippen LogP contribution in [0.25, 0.3) is 0 Å². The molecule has 0 rings (SSSR count). The first-order valence-corrected chi connectivity index (χ1v) is 2.97. The molecule has 60 valence electrons. The number of hydrogen-bond acceptors (Lipinski definition) is 4. The van der Waals surface area contributed by atoms with Crippen molar-refractivity contribution in [2.75, 3.05) is 13.2 Å². The molecule has 0 bridgehead atoms. The Morgan fingerprint density at radius 2 is 2.30 bits per heavy atom. The van der Waals surface area contributed by atoms with Crippen LogP contribution in [0.3, 0.4) is 0 Å². The van der Waals surface area contributed by atoms with Gasteiger partial charge in [0.1, 0.15) is 0 Å². The lowest BCUT2D eigenvalue weighted by atomic mass is 10.3. The quantitative estimate of drug-likeness (QED) is 0.466. The van der Waals surface area contributed by atoms with Crippen LogP contribution in [-0.2, 0) is 4.74 Å². The summed E-state index contributed by atoms with van der Waals surface area (Å²) in [5.41, 5.74) is 9.71. The van der Waals surface area contributed by atoms with Crippen molar-refractivity contribution in [3.8, 4) is 0 Å². The van der Waals surface area contributed by atoms with E-state index in [9.17, 15) is 4.79 Å². The van der Waals surface area contributed by atoms with Crippen LogP contribution in [0.2, 0.25) is 0 Å². The van der Waals surface area contributed by atoms with Crippen LogP contribution in [0.4, 0.5) is 4.79 Å². The third-order valence-corrected chi connectivity index (χ3v) is 0.967. The number of carbonyl (C=O) groups excluding carboxylic acids is 1. The highest BCUT2D eigenvalue weighted by Gasteiger charge is 2.01. The van der Waals surface area contributed by atoms with E-state index < -0.39 is 12.2 Å². The number of carbonyl (C=O) groups is 1. The number of amides is 1. The molecule has 0 aliphatic carbocycles. The molecule has 5 N–H and O–H groups in total. The first-order chi connectivity index (χ1) is 4.66. The summed E-state index contributed by atoms with van der Waals surface area (Å²) in [4.78, 5) is 9.96. The second kappa shape index (κ2) is 5.01. The Bertz CT molecular complexity index is 107. The maximum Gasteiger partial charge on any atom is 0.404 e. The third-order valence-electron chi connectivity index (χ3n) is 0.967. The predicted octanol–water partition coefficient (Wildman–Crippen LogP) is -1.21. The molecule has 5 nitrogen and oxygen atoms in total. The fourth-order valence-electron chi connectivity index (χ4n) is 0.413. The molecular weight excluding hydrogens is 136 g/mol. The number of ether oxygens (including phenoxy) is 1. The minimum Gasteiger partial charge on any atom is -0.450 e. The fourth-order valence-corrected chi connectivity index (χ4v) is 0.413. The van der Waals surface area contributed by atoms with Gasteiger partial charge < -0.3 is 21.3 Å². The Labute approximate surface area is 58.9 Å². The van der Waals surface area contributed by atoms with Crippen LogP contribution in [0, 0.1) is 0 Å². The van der Waals surface area contributed by atoms with E-state index in [0.717, 1.165) is 0 Å². The van der Waals surface area contributed by atoms with E-state index in [2.05, 4.69) is 10.5 Å². The molecular formula is C5H12N2O3. The van der Waals surface area contributed by atoms with E-state index in [4.69, 9.17) is 10.8 Å². The summed E-state index contributed by atoms with van der Waals surface area (Å²) in [6.07, 6.45) is -1.11. The van der Waals surface area contributed by atoms with Gasteiger partial charge in [-0.3, -0.25) is 0 Å².